The maximum atomic E-state index is 12.4. The van der Waals surface area contributed by atoms with Crippen LogP contribution >= 0.6 is 0 Å². The highest BCUT2D eigenvalue weighted by atomic mass is 16.3. The van der Waals surface area contributed by atoms with Crippen LogP contribution in [0.5, 0.6) is 0 Å². The molecule has 3 heteroatoms. The van der Waals surface area contributed by atoms with E-state index in [1.165, 1.54) is 0 Å². The summed E-state index contributed by atoms with van der Waals surface area (Å²) in [5.74, 6) is 0.0783. The number of carbonyl (C=O) groups excluding carboxylic acids is 1. The number of nitrogens with zero attached hydrogens (tertiary/aromatic N) is 1. The van der Waals surface area contributed by atoms with Crippen LogP contribution in [0.25, 0.3) is 0 Å². The molecule has 0 aromatic carbocycles. The quantitative estimate of drug-likeness (QED) is 0.742. The molecule has 0 spiro atoms. The number of aliphatic hydroxyl groups is 1. The van der Waals surface area contributed by atoms with Crippen molar-refractivity contribution in [2.75, 3.05) is 13.1 Å². The summed E-state index contributed by atoms with van der Waals surface area (Å²) < 4.78 is 0. The Morgan fingerprint density at radius 2 is 1.95 bits per heavy atom. The van der Waals surface area contributed by atoms with Gasteiger partial charge in [-0.25, -0.2) is 0 Å². The first-order valence-electron chi connectivity index (χ1n) is 7.17. The molecule has 1 saturated heterocycles. The Bertz CT molecular complexity index is 363. The van der Waals surface area contributed by atoms with E-state index in [-0.39, 0.29) is 22.8 Å². The fraction of sp³-hybridized carbons (Fsp3) is 0.812. The van der Waals surface area contributed by atoms with Gasteiger partial charge in [-0.3, -0.25) is 4.79 Å². The second-order valence-electron chi connectivity index (χ2n) is 7.65. The van der Waals surface area contributed by atoms with Gasteiger partial charge >= 0.3 is 0 Å². The normalized spacial score (nSPS) is 25.1. The summed E-state index contributed by atoms with van der Waals surface area (Å²) in [6.45, 7) is 13.9. The molecular weight excluding hydrogens is 238 g/mol. The Labute approximate surface area is 117 Å². The Hall–Kier alpha value is -0.830. The fourth-order valence-corrected chi connectivity index (χ4v) is 2.39. The second kappa shape index (κ2) is 5.66. The van der Waals surface area contributed by atoms with Gasteiger partial charge in [-0.05, 0) is 30.6 Å². The molecule has 19 heavy (non-hydrogen) atoms. The summed E-state index contributed by atoms with van der Waals surface area (Å²) in [4.78, 5) is 14.3. The molecule has 3 nitrogen and oxygen atoms in total. The van der Waals surface area contributed by atoms with E-state index < -0.39 is 0 Å². The molecule has 0 saturated carbocycles. The number of carbonyl (C=O) groups is 1. The molecule has 0 bridgehead atoms. The van der Waals surface area contributed by atoms with E-state index in [2.05, 4.69) is 34.6 Å². The lowest BCUT2D eigenvalue weighted by Gasteiger charge is -2.29. The van der Waals surface area contributed by atoms with Crippen LogP contribution in [0.3, 0.4) is 0 Å². The summed E-state index contributed by atoms with van der Waals surface area (Å²) in [6, 6.07) is 0. The van der Waals surface area contributed by atoms with E-state index >= 15 is 0 Å². The van der Waals surface area contributed by atoms with Gasteiger partial charge < -0.3 is 10.0 Å². The van der Waals surface area contributed by atoms with Crippen LogP contribution in [-0.4, -0.2) is 35.1 Å². The average Bonchev–Trinajstić information content (AvgIpc) is 2.34. The highest BCUT2D eigenvalue weighted by molar-refractivity contribution is 5.88. The summed E-state index contributed by atoms with van der Waals surface area (Å²) in [7, 11) is 0. The van der Waals surface area contributed by atoms with Crippen molar-refractivity contribution in [2.45, 2.75) is 60.5 Å². The lowest BCUT2D eigenvalue weighted by Crippen LogP contribution is -2.37. The van der Waals surface area contributed by atoms with Crippen molar-refractivity contribution in [1.82, 2.24) is 4.90 Å². The smallest absolute Gasteiger partial charge is 0.246 e. The van der Waals surface area contributed by atoms with Gasteiger partial charge in [0.2, 0.25) is 5.91 Å². The Balaban J connectivity index is 2.82. The SMILES string of the molecule is C/C(=C\C(=O)N1CCC(O)CC(C)(C)C1)C(C)(C)C. The van der Waals surface area contributed by atoms with Gasteiger partial charge in [-0.2, -0.15) is 0 Å². The standard InChI is InChI=1S/C16H29NO2/c1-12(15(2,3)4)9-14(19)17-8-7-13(18)10-16(5,6)11-17/h9,13,18H,7-8,10-11H2,1-6H3/b12-9+. The molecule has 0 aliphatic carbocycles. The average molecular weight is 267 g/mol. The van der Waals surface area contributed by atoms with Crippen molar-refractivity contribution in [2.24, 2.45) is 10.8 Å². The number of hydrogen-bond acceptors (Lipinski definition) is 2. The molecule has 1 heterocycles. The predicted molar refractivity (Wildman–Crippen MR) is 78.8 cm³/mol. The molecule has 1 aliphatic rings. The minimum atomic E-state index is -0.291. The number of amides is 1. The molecule has 110 valence electrons. The lowest BCUT2D eigenvalue weighted by molar-refractivity contribution is -0.127. The van der Waals surface area contributed by atoms with Crippen LogP contribution in [0.2, 0.25) is 0 Å². The van der Waals surface area contributed by atoms with Gasteiger partial charge in [0.1, 0.15) is 0 Å². The van der Waals surface area contributed by atoms with Gasteiger partial charge in [0.25, 0.3) is 0 Å². The third-order valence-corrected chi connectivity index (χ3v) is 3.97. The van der Waals surface area contributed by atoms with E-state index in [4.69, 9.17) is 0 Å². The van der Waals surface area contributed by atoms with E-state index in [0.717, 1.165) is 18.5 Å². The molecule has 1 rings (SSSR count). The van der Waals surface area contributed by atoms with Gasteiger partial charge in [0, 0.05) is 19.2 Å². The molecule has 1 atom stereocenters. The minimum Gasteiger partial charge on any atom is -0.393 e. The molecule has 1 amide bonds. The largest absolute Gasteiger partial charge is 0.393 e. The van der Waals surface area contributed by atoms with Crippen LogP contribution < -0.4 is 0 Å². The predicted octanol–water partition coefficient (Wildman–Crippen LogP) is 2.99. The summed E-state index contributed by atoms with van der Waals surface area (Å²) in [5.41, 5.74) is 1.10. The zero-order valence-electron chi connectivity index (χ0n) is 13.3. The first-order chi connectivity index (χ1) is 8.51. The molecule has 1 fully saturated rings. The first-order valence-corrected chi connectivity index (χ1v) is 7.17. The molecule has 1 aliphatic heterocycles. The molecule has 0 aromatic heterocycles. The summed E-state index contributed by atoms with van der Waals surface area (Å²) in [5, 5.41) is 9.88. The van der Waals surface area contributed by atoms with Crippen LogP contribution in [0.1, 0.15) is 54.4 Å². The van der Waals surface area contributed by atoms with Crippen molar-refractivity contribution in [1.29, 1.82) is 0 Å². The van der Waals surface area contributed by atoms with Crippen LogP contribution in [-0.2, 0) is 4.79 Å². The number of likely N-dealkylation sites (tertiary alicyclic amines) is 1. The number of rotatable bonds is 1. The maximum absolute atomic E-state index is 12.4. The van der Waals surface area contributed by atoms with E-state index in [0.29, 0.717) is 13.0 Å². The topological polar surface area (TPSA) is 40.5 Å². The second-order valence-corrected chi connectivity index (χ2v) is 7.65. The number of aliphatic hydroxyl groups excluding tert-OH is 1. The third-order valence-electron chi connectivity index (χ3n) is 3.97. The monoisotopic (exact) mass is 267 g/mol. The molecule has 1 N–H and O–H groups in total. The Morgan fingerprint density at radius 1 is 1.37 bits per heavy atom. The molecular formula is C16H29NO2. The van der Waals surface area contributed by atoms with Crippen LogP contribution in [0.15, 0.2) is 11.6 Å². The van der Waals surface area contributed by atoms with Gasteiger partial charge in [-0.15, -0.1) is 0 Å². The lowest BCUT2D eigenvalue weighted by atomic mass is 9.86. The summed E-state index contributed by atoms with van der Waals surface area (Å²) in [6.07, 6.45) is 2.91. The van der Waals surface area contributed by atoms with Gasteiger partial charge in [0.05, 0.1) is 6.10 Å². The Kier molecular flexibility index (Phi) is 4.83. The number of allylic oxidation sites excluding steroid dienone is 1. The zero-order valence-corrected chi connectivity index (χ0v) is 13.3. The van der Waals surface area contributed by atoms with Crippen molar-refractivity contribution in [3.05, 3.63) is 11.6 Å². The van der Waals surface area contributed by atoms with Crippen molar-refractivity contribution in [3.63, 3.8) is 0 Å². The minimum absolute atomic E-state index is 0.0188. The van der Waals surface area contributed by atoms with E-state index in [1.54, 1.807) is 6.08 Å². The highest BCUT2D eigenvalue weighted by Gasteiger charge is 2.30. The van der Waals surface area contributed by atoms with Gasteiger partial charge in [0.15, 0.2) is 0 Å². The van der Waals surface area contributed by atoms with Crippen molar-refractivity contribution >= 4 is 5.91 Å². The first kappa shape index (κ1) is 16.2. The third kappa shape index (κ3) is 4.98. The van der Waals surface area contributed by atoms with Crippen molar-refractivity contribution < 1.29 is 9.90 Å². The highest BCUT2D eigenvalue weighted by Crippen LogP contribution is 2.29. The van der Waals surface area contributed by atoms with E-state index in [9.17, 15) is 9.90 Å². The fourth-order valence-electron chi connectivity index (χ4n) is 2.39. The van der Waals surface area contributed by atoms with Gasteiger partial charge in [-0.1, -0.05) is 40.2 Å². The molecule has 1 unspecified atom stereocenters. The van der Waals surface area contributed by atoms with Crippen LogP contribution in [0, 0.1) is 10.8 Å². The number of hydrogen-bond donors (Lipinski definition) is 1. The Morgan fingerprint density at radius 3 is 2.47 bits per heavy atom. The zero-order chi connectivity index (χ0) is 14.8. The van der Waals surface area contributed by atoms with Crippen LogP contribution in [0.4, 0.5) is 0 Å². The van der Waals surface area contributed by atoms with E-state index in [1.807, 2.05) is 11.8 Å². The van der Waals surface area contributed by atoms with Crippen molar-refractivity contribution in [3.8, 4) is 0 Å². The maximum Gasteiger partial charge on any atom is 0.246 e. The summed E-state index contributed by atoms with van der Waals surface area (Å²) >= 11 is 0. The molecule has 0 aromatic rings. The molecule has 0 radical (unpaired) electrons.